The molecule has 4 heterocycles. The lowest BCUT2D eigenvalue weighted by atomic mass is 9.97. The molecule has 6 rings (SSSR count). The van der Waals surface area contributed by atoms with E-state index in [1.165, 1.54) is 6.07 Å². The van der Waals surface area contributed by atoms with Crippen molar-refractivity contribution in [1.82, 2.24) is 29.5 Å². The lowest BCUT2D eigenvalue weighted by molar-refractivity contribution is -0.136. The van der Waals surface area contributed by atoms with Gasteiger partial charge in [-0.15, -0.1) is 0 Å². The first-order valence-corrected chi connectivity index (χ1v) is 15.6. The van der Waals surface area contributed by atoms with Crippen molar-refractivity contribution in [3.05, 3.63) is 78.3 Å². The monoisotopic (exact) mass is 636 g/mol. The van der Waals surface area contributed by atoms with E-state index in [0.717, 1.165) is 6.42 Å². The lowest BCUT2D eigenvalue weighted by Crippen LogP contribution is -2.55. The Morgan fingerprint density at radius 2 is 1.94 bits per heavy atom. The summed E-state index contributed by atoms with van der Waals surface area (Å²) in [6.07, 6.45) is 4.72. The topological polar surface area (TPSA) is 134 Å². The van der Waals surface area contributed by atoms with E-state index in [1.807, 2.05) is 36.9 Å². The molecule has 2 N–H and O–H groups in total. The molecule has 0 spiro atoms. The predicted octanol–water partition coefficient (Wildman–Crippen LogP) is 4.61. The van der Waals surface area contributed by atoms with Crippen molar-refractivity contribution in [2.45, 2.75) is 44.8 Å². The Bertz CT molecular complexity index is 1900. The summed E-state index contributed by atoms with van der Waals surface area (Å²) in [6.45, 7) is 6.06. The van der Waals surface area contributed by atoms with Crippen molar-refractivity contribution in [1.29, 1.82) is 5.26 Å². The van der Waals surface area contributed by atoms with Gasteiger partial charge in [0.15, 0.2) is 0 Å². The number of rotatable bonds is 8. The van der Waals surface area contributed by atoms with Gasteiger partial charge in [0.1, 0.15) is 40.5 Å². The number of amides is 2. The zero-order chi connectivity index (χ0) is 33.3. The fourth-order valence-electron chi connectivity index (χ4n) is 6.34. The van der Waals surface area contributed by atoms with Gasteiger partial charge in [-0.2, -0.15) is 10.4 Å². The highest BCUT2D eigenvalue weighted by Crippen LogP contribution is 2.35. The number of halogens is 1. The van der Waals surface area contributed by atoms with Crippen LogP contribution in [0.2, 0.25) is 0 Å². The van der Waals surface area contributed by atoms with E-state index in [4.69, 9.17) is 15.6 Å². The first kappa shape index (κ1) is 31.7. The number of piperazine rings is 1. The summed E-state index contributed by atoms with van der Waals surface area (Å²) in [5.74, 6) is 0.259. The molecule has 0 aliphatic carbocycles. The number of fused-ring (bicyclic) bond motifs is 1. The van der Waals surface area contributed by atoms with E-state index in [-0.39, 0.29) is 41.4 Å². The highest BCUT2D eigenvalue weighted by atomic mass is 19.1. The Labute approximate surface area is 272 Å². The number of likely N-dealkylation sites (N-methyl/N-ethyl adjacent to an activating group) is 1. The van der Waals surface area contributed by atoms with Gasteiger partial charge in [-0.25, -0.2) is 9.37 Å². The molecule has 242 valence electrons. The number of ether oxygens (including phenoxy) is 1. The standard InChI is InChI=1S/C35H37FN8O3/c1-35(2,42-17-16-41(3)30(45)22-42)19-23(20-37)34(46)43-15-7-8-24(43)21-44-29-13-14-39-33(38)31(29)32(40-44)27-12-11-26(18-28(27)36)47-25-9-5-4-6-10-25/h4-6,9-14,18-19,24H,7-8,15-17,21-22H2,1-3H3,(H2,38,39)/t24-/m0/s1. The molecule has 2 aliphatic rings. The molecule has 2 aromatic carbocycles. The molecule has 0 radical (unpaired) electrons. The molecule has 11 nitrogen and oxygen atoms in total. The average Bonchev–Trinajstić information content (AvgIpc) is 3.67. The first-order chi connectivity index (χ1) is 22.6. The molecule has 47 heavy (non-hydrogen) atoms. The second kappa shape index (κ2) is 12.8. The average molecular weight is 637 g/mol. The van der Waals surface area contributed by atoms with Crippen molar-refractivity contribution < 1.29 is 18.7 Å². The van der Waals surface area contributed by atoms with Gasteiger partial charge in [0.25, 0.3) is 5.91 Å². The second-order valence-corrected chi connectivity index (χ2v) is 12.5. The third-order valence-electron chi connectivity index (χ3n) is 9.01. The zero-order valence-corrected chi connectivity index (χ0v) is 26.7. The summed E-state index contributed by atoms with van der Waals surface area (Å²) in [5.41, 5.74) is 6.91. The van der Waals surface area contributed by atoms with Crippen molar-refractivity contribution in [2.75, 3.05) is 39.0 Å². The molecule has 1 atom stereocenters. The van der Waals surface area contributed by atoms with Crippen molar-refractivity contribution in [3.8, 4) is 28.8 Å². The molecule has 0 unspecified atom stereocenters. The minimum Gasteiger partial charge on any atom is -0.457 e. The van der Waals surface area contributed by atoms with Crippen LogP contribution in [0.3, 0.4) is 0 Å². The van der Waals surface area contributed by atoms with Crippen LogP contribution in [0, 0.1) is 17.1 Å². The summed E-state index contributed by atoms with van der Waals surface area (Å²) in [7, 11) is 1.77. The van der Waals surface area contributed by atoms with Crippen LogP contribution in [0.4, 0.5) is 10.2 Å². The van der Waals surface area contributed by atoms with E-state index < -0.39 is 11.4 Å². The first-order valence-electron chi connectivity index (χ1n) is 15.6. The summed E-state index contributed by atoms with van der Waals surface area (Å²) in [6, 6.07) is 17.3. The molecule has 2 saturated heterocycles. The smallest absolute Gasteiger partial charge is 0.264 e. The number of pyridine rings is 1. The minimum absolute atomic E-state index is 0.000151. The molecule has 0 bridgehead atoms. The van der Waals surface area contributed by atoms with Crippen LogP contribution in [0.5, 0.6) is 11.5 Å². The highest BCUT2D eigenvalue weighted by molar-refractivity contribution is 6.00. The number of nitrogens with zero attached hydrogens (tertiary/aromatic N) is 7. The third kappa shape index (κ3) is 6.39. The maximum Gasteiger partial charge on any atom is 0.264 e. The number of nitrogens with two attached hydrogens (primary N) is 1. The van der Waals surface area contributed by atoms with Gasteiger partial charge in [0, 0.05) is 50.0 Å². The lowest BCUT2D eigenvalue weighted by Gasteiger charge is -2.41. The third-order valence-corrected chi connectivity index (χ3v) is 9.01. The van der Waals surface area contributed by atoms with Gasteiger partial charge in [0.05, 0.1) is 30.0 Å². The van der Waals surface area contributed by atoms with Gasteiger partial charge in [-0.1, -0.05) is 18.2 Å². The molecule has 2 aromatic heterocycles. The number of likely N-dealkylation sites (tertiary alicyclic amines) is 1. The SMILES string of the molecule is CN1CCN(C(C)(C)C=C(C#N)C(=O)N2CCC[C@H]2Cn2nc(-c3ccc(Oc4ccccc4)cc3F)c3c(N)nccc32)CC1=O. The molecular formula is C35H37FN8O3. The van der Waals surface area contributed by atoms with Gasteiger partial charge in [0.2, 0.25) is 5.91 Å². The summed E-state index contributed by atoms with van der Waals surface area (Å²) in [5, 5.41) is 15.4. The number of carbonyl (C=O) groups is 2. The van der Waals surface area contributed by atoms with Crippen LogP contribution in [-0.2, 0) is 16.1 Å². The summed E-state index contributed by atoms with van der Waals surface area (Å²) >= 11 is 0. The number of hydrogen-bond acceptors (Lipinski definition) is 8. The Morgan fingerprint density at radius 3 is 2.66 bits per heavy atom. The minimum atomic E-state index is -0.684. The normalized spacial score (nSPS) is 17.7. The summed E-state index contributed by atoms with van der Waals surface area (Å²) < 4.78 is 23.2. The largest absolute Gasteiger partial charge is 0.457 e. The van der Waals surface area contributed by atoms with Crippen molar-refractivity contribution >= 4 is 28.5 Å². The Kier molecular flexibility index (Phi) is 8.66. The van der Waals surface area contributed by atoms with E-state index >= 15 is 4.39 Å². The second-order valence-electron chi connectivity index (χ2n) is 12.5. The fraction of sp³-hybridized carbons (Fsp3) is 0.343. The number of aromatic nitrogens is 3. The number of carbonyl (C=O) groups excluding carboxylic acids is 2. The Balaban J connectivity index is 1.26. The molecule has 4 aromatic rings. The molecule has 2 amide bonds. The van der Waals surface area contributed by atoms with Crippen LogP contribution >= 0.6 is 0 Å². The maximum atomic E-state index is 15.6. The molecule has 2 aliphatic heterocycles. The summed E-state index contributed by atoms with van der Waals surface area (Å²) in [4.78, 5) is 35.8. The molecule has 0 saturated carbocycles. The number of para-hydroxylation sites is 1. The van der Waals surface area contributed by atoms with Crippen LogP contribution < -0.4 is 10.5 Å². The van der Waals surface area contributed by atoms with Crippen LogP contribution in [0.15, 0.2) is 72.4 Å². The van der Waals surface area contributed by atoms with Crippen LogP contribution in [0.1, 0.15) is 26.7 Å². The van der Waals surface area contributed by atoms with Crippen LogP contribution in [-0.4, -0.2) is 86.1 Å². The molecule has 2 fully saturated rings. The van der Waals surface area contributed by atoms with Gasteiger partial charge in [-0.3, -0.25) is 19.2 Å². The van der Waals surface area contributed by atoms with Gasteiger partial charge in [-0.05, 0) is 63.1 Å². The highest BCUT2D eigenvalue weighted by Gasteiger charge is 2.36. The number of anilines is 1. The van der Waals surface area contributed by atoms with Gasteiger partial charge < -0.3 is 20.3 Å². The molecular weight excluding hydrogens is 599 g/mol. The maximum absolute atomic E-state index is 15.6. The van der Waals surface area contributed by atoms with E-state index in [1.54, 1.807) is 64.1 Å². The fourth-order valence-corrected chi connectivity index (χ4v) is 6.34. The van der Waals surface area contributed by atoms with Crippen LogP contribution in [0.25, 0.3) is 22.2 Å². The van der Waals surface area contributed by atoms with E-state index in [0.29, 0.717) is 60.7 Å². The zero-order valence-electron chi connectivity index (χ0n) is 26.7. The molecule has 12 heteroatoms. The Morgan fingerprint density at radius 1 is 1.15 bits per heavy atom. The van der Waals surface area contributed by atoms with E-state index in [9.17, 15) is 14.9 Å². The predicted molar refractivity (Wildman–Crippen MR) is 176 cm³/mol. The number of benzene rings is 2. The van der Waals surface area contributed by atoms with Crippen molar-refractivity contribution in [3.63, 3.8) is 0 Å². The quantitative estimate of drug-likeness (QED) is 0.219. The number of hydrogen-bond donors (Lipinski definition) is 1. The number of nitrogen functional groups attached to an aromatic ring is 1. The van der Waals surface area contributed by atoms with E-state index in [2.05, 4.69) is 11.1 Å². The van der Waals surface area contributed by atoms with Gasteiger partial charge >= 0.3 is 0 Å². The number of nitriles is 1. The Hall–Kier alpha value is -5.28. The van der Waals surface area contributed by atoms with Crippen molar-refractivity contribution in [2.24, 2.45) is 0 Å².